The van der Waals surface area contributed by atoms with Gasteiger partial charge in [-0.3, -0.25) is 0 Å². The second-order valence-electron chi connectivity index (χ2n) is 6.40. The van der Waals surface area contributed by atoms with Crippen molar-refractivity contribution in [3.63, 3.8) is 0 Å². The number of aliphatic hydroxyl groups excluding tert-OH is 7. The van der Waals surface area contributed by atoms with Crippen LogP contribution in [0.15, 0.2) is 0 Å². The predicted molar refractivity (Wildman–Crippen MR) is 76.3 cm³/mol. The number of rotatable bonds is 7. The number of ether oxygens (including phenoxy) is 3. The maximum Gasteiger partial charge on any atom is 1.00 e. The molecule has 2 rings (SSSR count). The van der Waals surface area contributed by atoms with Gasteiger partial charge in [-0.05, 0) is 0 Å². The summed E-state index contributed by atoms with van der Waals surface area (Å²) >= 11 is 0. The van der Waals surface area contributed by atoms with E-state index in [9.17, 15) is 40.5 Å². The fourth-order valence-corrected chi connectivity index (χ4v) is 3.03. The first-order valence-electron chi connectivity index (χ1n) is 7.92. The Morgan fingerprint density at radius 2 is 1.63 bits per heavy atom. The summed E-state index contributed by atoms with van der Waals surface area (Å²) in [5, 5.41) is 78.4. The molecule has 2 fully saturated rings. The summed E-state index contributed by atoms with van der Waals surface area (Å²) in [5.74, 6) is -1.79. The fourth-order valence-electron chi connectivity index (χ4n) is 3.03. The van der Waals surface area contributed by atoms with Crippen LogP contribution >= 0.6 is 0 Å². The van der Waals surface area contributed by atoms with E-state index in [0.717, 1.165) is 0 Å². The summed E-state index contributed by atoms with van der Waals surface area (Å²) in [4.78, 5) is 10.9. The van der Waals surface area contributed by atoms with Crippen LogP contribution in [0, 0.1) is 0 Å². The second-order valence-corrected chi connectivity index (χ2v) is 6.40. The third-order valence-corrected chi connectivity index (χ3v) is 4.65. The molecule has 2 aliphatic rings. The van der Waals surface area contributed by atoms with Crippen molar-refractivity contribution >= 4 is 5.97 Å². The topological polar surface area (TPSA) is 209 Å². The van der Waals surface area contributed by atoms with Gasteiger partial charge >= 0.3 is 29.6 Å². The summed E-state index contributed by atoms with van der Waals surface area (Å²) in [6, 6.07) is 0. The van der Waals surface area contributed by atoms with Crippen LogP contribution in [0.1, 0.15) is 0 Å². The first-order valence-corrected chi connectivity index (χ1v) is 7.92. The van der Waals surface area contributed by atoms with Crippen molar-refractivity contribution in [2.45, 2.75) is 54.4 Å². The van der Waals surface area contributed by atoms with Crippen LogP contribution in [-0.2, 0) is 19.0 Å². The molecule has 9 atom stereocenters. The van der Waals surface area contributed by atoms with E-state index in [0.29, 0.717) is 0 Å². The van der Waals surface area contributed by atoms with Crippen LogP contribution in [0.4, 0.5) is 0 Å². The molecule has 12 nitrogen and oxygen atoms in total. The van der Waals surface area contributed by atoms with Crippen LogP contribution < -0.4 is 34.7 Å². The summed E-state index contributed by atoms with van der Waals surface area (Å²) in [5.41, 5.74) is -1.75. The van der Waals surface area contributed by atoms with E-state index in [-0.39, 0.29) is 29.6 Å². The summed E-state index contributed by atoms with van der Waals surface area (Å²) in [6.45, 7) is -2.37. The molecule has 27 heavy (non-hydrogen) atoms. The molecule has 7 N–H and O–H groups in total. The van der Waals surface area contributed by atoms with E-state index in [1.165, 1.54) is 0 Å². The molecule has 0 aromatic rings. The Hall–Kier alpha value is 0.0700. The SMILES string of the molecule is O=C([O-])C1O[C@H](COC[C@]2(CO)O[C@H](CO)C(O)[C@H]2O)C(O)[C@H](O)[C@@H]1O.[Na+]. The first-order chi connectivity index (χ1) is 12.2. The van der Waals surface area contributed by atoms with E-state index < -0.39 is 86.8 Å². The zero-order valence-corrected chi connectivity index (χ0v) is 16.6. The van der Waals surface area contributed by atoms with Gasteiger partial charge in [0.2, 0.25) is 0 Å². The number of aliphatic carboxylic acids is 1. The molecular formula is C14H23NaO12. The van der Waals surface area contributed by atoms with Gasteiger partial charge in [0.15, 0.2) is 0 Å². The zero-order valence-electron chi connectivity index (χ0n) is 14.6. The van der Waals surface area contributed by atoms with Crippen molar-refractivity contribution < 1.29 is 89.4 Å². The molecule has 0 spiro atoms. The van der Waals surface area contributed by atoms with Crippen molar-refractivity contribution in [1.29, 1.82) is 0 Å². The number of hydrogen-bond acceptors (Lipinski definition) is 12. The zero-order chi connectivity index (χ0) is 19.6. The van der Waals surface area contributed by atoms with Crippen LogP contribution in [0.5, 0.6) is 0 Å². The van der Waals surface area contributed by atoms with E-state index in [4.69, 9.17) is 19.3 Å². The van der Waals surface area contributed by atoms with Gasteiger partial charge < -0.3 is 59.9 Å². The Balaban J connectivity index is 0.00000364. The van der Waals surface area contributed by atoms with Gasteiger partial charge in [0.1, 0.15) is 54.4 Å². The van der Waals surface area contributed by atoms with Gasteiger partial charge in [-0.25, -0.2) is 0 Å². The van der Waals surface area contributed by atoms with E-state index in [1.54, 1.807) is 0 Å². The van der Waals surface area contributed by atoms with Crippen molar-refractivity contribution in [1.82, 2.24) is 0 Å². The molecule has 0 amide bonds. The Morgan fingerprint density at radius 3 is 2.11 bits per heavy atom. The molecule has 0 aromatic heterocycles. The summed E-state index contributed by atoms with van der Waals surface area (Å²) in [7, 11) is 0. The monoisotopic (exact) mass is 406 g/mol. The molecule has 0 radical (unpaired) electrons. The molecule has 2 heterocycles. The van der Waals surface area contributed by atoms with Crippen LogP contribution in [0.2, 0.25) is 0 Å². The number of aliphatic hydroxyl groups is 7. The first kappa shape index (κ1) is 25.1. The van der Waals surface area contributed by atoms with Gasteiger partial charge in [-0.1, -0.05) is 0 Å². The van der Waals surface area contributed by atoms with Gasteiger partial charge in [0.05, 0.1) is 32.4 Å². The maximum atomic E-state index is 10.9. The van der Waals surface area contributed by atoms with Gasteiger partial charge in [-0.2, -0.15) is 0 Å². The number of carbonyl (C=O) groups is 1. The molecule has 0 aliphatic carbocycles. The molecule has 13 heteroatoms. The average molecular weight is 406 g/mol. The van der Waals surface area contributed by atoms with E-state index in [2.05, 4.69) is 0 Å². The smallest absolute Gasteiger partial charge is 0.547 e. The largest absolute Gasteiger partial charge is 1.00 e. The average Bonchev–Trinajstić information content (AvgIpc) is 2.86. The van der Waals surface area contributed by atoms with E-state index in [1.807, 2.05) is 0 Å². The Labute approximate surface area is 176 Å². The normalized spacial score (nSPS) is 44.7. The maximum absolute atomic E-state index is 10.9. The Morgan fingerprint density at radius 1 is 1.00 bits per heavy atom. The quantitative estimate of drug-likeness (QED) is 0.197. The van der Waals surface area contributed by atoms with Crippen molar-refractivity contribution in [2.75, 3.05) is 26.4 Å². The summed E-state index contributed by atoms with van der Waals surface area (Å²) < 4.78 is 15.4. The molecule has 0 saturated carbocycles. The molecule has 2 saturated heterocycles. The number of carboxylic acids is 1. The van der Waals surface area contributed by atoms with Gasteiger partial charge in [0.25, 0.3) is 0 Å². The minimum Gasteiger partial charge on any atom is -0.547 e. The predicted octanol–water partition coefficient (Wildman–Crippen LogP) is -9.55. The third-order valence-electron chi connectivity index (χ3n) is 4.65. The minimum absolute atomic E-state index is 0. The number of carbonyl (C=O) groups excluding carboxylic acids is 1. The molecule has 152 valence electrons. The van der Waals surface area contributed by atoms with Crippen LogP contribution in [0.3, 0.4) is 0 Å². The summed E-state index contributed by atoms with van der Waals surface area (Å²) in [6.07, 6.45) is -12.8. The van der Waals surface area contributed by atoms with Gasteiger partial charge in [-0.15, -0.1) is 0 Å². The van der Waals surface area contributed by atoms with Crippen molar-refractivity contribution in [3.05, 3.63) is 0 Å². The molecule has 0 bridgehead atoms. The third kappa shape index (κ3) is 4.98. The Bertz CT molecular complexity index is 495. The van der Waals surface area contributed by atoms with Crippen molar-refractivity contribution in [2.24, 2.45) is 0 Å². The number of hydrogen-bond donors (Lipinski definition) is 7. The molecule has 0 aromatic carbocycles. The standard InChI is InChI=1S/C14H24O12.Na/c15-1-5-8(18)12(21)14(3-16,26-5)4-24-2-6-7(17)9(19)10(20)11(25-6)13(22)23;/h5-12,15-21H,1-4H2,(H,22,23);/q;+1/p-1/t5-,6-,7?,8?,9+,10+,11?,12-,14+;/m1./s1. The van der Waals surface area contributed by atoms with Crippen LogP contribution in [0.25, 0.3) is 0 Å². The van der Waals surface area contributed by atoms with Crippen LogP contribution in [-0.4, -0.2) is 123 Å². The number of carboxylic acid groups (broad SMARTS) is 1. The molecule has 2 aliphatic heterocycles. The van der Waals surface area contributed by atoms with Crippen molar-refractivity contribution in [3.8, 4) is 0 Å². The molecule has 3 unspecified atom stereocenters. The Kier molecular flexibility index (Phi) is 9.49. The van der Waals surface area contributed by atoms with Gasteiger partial charge in [0, 0.05) is 0 Å². The fraction of sp³-hybridized carbons (Fsp3) is 0.929. The second kappa shape index (κ2) is 10.2. The minimum atomic E-state index is -1.89. The van der Waals surface area contributed by atoms with E-state index >= 15 is 0 Å². The molecular weight excluding hydrogens is 383 g/mol.